The Morgan fingerprint density at radius 1 is 1.15 bits per heavy atom. The molecule has 0 aromatic heterocycles. The fourth-order valence-electron chi connectivity index (χ4n) is 3.56. The van der Waals surface area contributed by atoms with Crippen LogP contribution in [0.3, 0.4) is 0 Å². The van der Waals surface area contributed by atoms with Crippen molar-refractivity contribution in [3.05, 3.63) is 39.5 Å². The molecule has 0 aliphatic heterocycles. The van der Waals surface area contributed by atoms with Crippen LogP contribution < -0.4 is 5.19 Å². The molecule has 1 aliphatic carbocycles. The predicted octanol–water partition coefficient (Wildman–Crippen LogP) is 4.26. The number of rotatable bonds is 2. The van der Waals surface area contributed by atoms with Crippen LogP contribution in [-0.4, -0.2) is 10.2 Å². The Balaban J connectivity index is 2.40. The molecule has 0 N–H and O–H groups in total. The van der Waals surface area contributed by atoms with Crippen LogP contribution in [0.4, 0.5) is 0 Å². The molecule has 3 radical (unpaired) electrons. The van der Waals surface area contributed by atoms with Gasteiger partial charge in [0.1, 0.15) is 0 Å². The van der Waals surface area contributed by atoms with Crippen molar-refractivity contribution in [2.75, 3.05) is 0 Å². The summed E-state index contributed by atoms with van der Waals surface area (Å²) in [5, 5.41) is 1.37. The fourth-order valence-corrected chi connectivity index (χ4v) is 4.02. The quantitative estimate of drug-likeness (QED) is 0.432. The van der Waals surface area contributed by atoms with Gasteiger partial charge < -0.3 is 0 Å². The van der Waals surface area contributed by atoms with E-state index in [0.29, 0.717) is 0 Å². The molecule has 20 heavy (non-hydrogen) atoms. The maximum Gasteiger partial charge on any atom is 0.0719 e. The topological polar surface area (TPSA) is 0 Å². The van der Waals surface area contributed by atoms with E-state index < -0.39 is 0 Å². The Labute approximate surface area is 128 Å². The molecule has 1 unspecified atom stereocenters. The van der Waals surface area contributed by atoms with Gasteiger partial charge in [0.15, 0.2) is 0 Å². The summed E-state index contributed by atoms with van der Waals surface area (Å²) in [5.74, 6) is 0.819. The Kier molecular flexibility index (Phi) is 4.90. The highest BCUT2D eigenvalue weighted by Crippen LogP contribution is 2.31. The van der Waals surface area contributed by atoms with Crippen LogP contribution in [-0.2, 0) is 12.8 Å². The van der Waals surface area contributed by atoms with Crippen LogP contribution in [0.2, 0.25) is 0 Å². The van der Waals surface area contributed by atoms with E-state index in [9.17, 15) is 0 Å². The molecule has 0 saturated heterocycles. The van der Waals surface area contributed by atoms with Crippen molar-refractivity contribution in [3.8, 4) is 0 Å². The SMILES string of the molecule is CC=C(C)CC1CCCc2c([Si])c(C)c(C)c(C)c2C1. The monoisotopic (exact) mass is 283 g/mol. The molecule has 0 amide bonds. The van der Waals surface area contributed by atoms with Gasteiger partial charge in [-0.15, -0.1) is 0 Å². The van der Waals surface area contributed by atoms with Gasteiger partial charge in [-0.1, -0.05) is 16.8 Å². The van der Waals surface area contributed by atoms with Gasteiger partial charge in [0.25, 0.3) is 0 Å². The first-order valence-electron chi connectivity index (χ1n) is 7.90. The van der Waals surface area contributed by atoms with Crippen LogP contribution in [0.1, 0.15) is 60.9 Å². The van der Waals surface area contributed by atoms with Crippen molar-refractivity contribution in [3.63, 3.8) is 0 Å². The molecule has 0 fully saturated rings. The lowest BCUT2D eigenvalue weighted by molar-refractivity contribution is 0.475. The van der Waals surface area contributed by atoms with Gasteiger partial charge >= 0.3 is 0 Å². The normalized spacial score (nSPS) is 19.7. The van der Waals surface area contributed by atoms with Crippen LogP contribution >= 0.6 is 0 Å². The summed E-state index contributed by atoms with van der Waals surface area (Å²) in [4.78, 5) is 0. The number of allylic oxidation sites excluding steroid dienone is 2. The second kappa shape index (κ2) is 6.30. The molecule has 1 aliphatic rings. The van der Waals surface area contributed by atoms with E-state index in [1.807, 2.05) is 0 Å². The zero-order valence-corrected chi connectivity index (χ0v) is 14.7. The van der Waals surface area contributed by atoms with Gasteiger partial charge in [0.05, 0.1) is 10.2 Å². The highest BCUT2D eigenvalue weighted by atomic mass is 28.1. The summed E-state index contributed by atoms with van der Waals surface area (Å²) < 4.78 is 0. The Bertz CT molecular complexity index is 537. The van der Waals surface area contributed by atoms with E-state index in [1.54, 1.807) is 16.7 Å². The van der Waals surface area contributed by atoms with E-state index in [4.69, 9.17) is 0 Å². The number of hydrogen-bond donors (Lipinski definition) is 0. The fraction of sp³-hybridized carbons (Fsp3) is 0.579. The van der Waals surface area contributed by atoms with E-state index >= 15 is 0 Å². The molecule has 1 heteroatoms. The molecule has 107 valence electrons. The standard InChI is InChI=1S/C19H27Si/c1-6-12(2)10-16-8-7-9-17-18(11-16)14(4)13(3)15(5)19(17)20/h6,16H,7-11H2,1-5H3. The van der Waals surface area contributed by atoms with E-state index in [2.05, 4.69) is 50.9 Å². The third kappa shape index (κ3) is 2.93. The molecule has 0 nitrogen and oxygen atoms in total. The lowest BCUT2D eigenvalue weighted by Crippen LogP contribution is -2.20. The van der Waals surface area contributed by atoms with Gasteiger partial charge in [-0.05, 0) is 100 Å². The largest absolute Gasteiger partial charge is 0.0887 e. The molecular formula is C19H27Si. The average Bonchev–Trinajstić information content (AvgIpc) is 2.65. The summed E-state index contributed by atoms with van der Waals surface area (Å²) in [5.41, 5.74) is 9.19. The summed E-state index contributed by atoms with van der Waals surface area (Å²) in [6.07, 6.45) is 8.72. The highest BCUT2D eigenvalue weighted by Gasteiger charge is 2.22. The van der Waals surface area contributed by atoms with Gasteiger partial charge in [-0.2, -0.15) is 0 Å². The smallest absolute Gasteiger partial charge is 0.0719 e. The minimum absolute atomic E-state index is 0.819. The van der Waals surface area contributed by atoms with Crippen molar-refractivity contribution in [1.82, 2.24) is 0 Å². The summed E-state index contributed by atoms with van der Waals surface area (Å²) >= 11 is 0. The van der Waals surface area contributed by atoms with Gasteiger partial charge in [0.2, 0.25) is 0 Å². The second-order valence-electron chi connectivity index (χ2n) is 6.51. The van der Waals surface area contributed by atoms with Gasteiger partial charge in [-0.25, -0.2) is 0 Å². The lowest BCUT2D eigenvalue weighted by atomic mass is 9.86. The molecular weight excluding hydrogens is 256 g/mol. The number of fused-ring (bicyclic) bond motifs is 1. The molecule has 2 rings (SSSR count). The van der Waals surface area contributed by atoms with E-state index in [-0.39, 0.29) is 0 Å². The van der Waals surface area contributed by atoms with Gasteiger partial charge in [0, 0.05) is 0 Å². The first-order valence-corrected chi connectivity index (χ1v) is 8.40. The summed E-state index contributed by atoms with van der Waals surface area (Å²) in [6, 6.07) is 0. The minimum Gasteiger partial charge on any atom is -0.0887 e. The van der Waals surface area contributed by atoms with Crippen LogP contribution in [0.15, 0.2) is 11.6 Å². The zero-order chi connectivity index (χ0) is 14.9. The van der Waals surface area contributed by atoms with Crippen molar-refractivity contribution in [1.29, 1.82) is 0 Å². The second-order valence-corrected chi connectivity index (χ2v) is 7.01. The average molecular weight is 284 g/mol. The number of benzene rings is 1. The maximum absolute atomic E-state index is 3.92. The molecule has 1 aromatic rings. The highest BCUT2D eigenvalue weighted by molar-refractivity contribution is 6.34. The summed E-state index contributed by atoms with van der Waals surface area (Å²) in [6.45, 7) is 11.3. The Morgan fingerprint density at radius 2 is 1.85 bits per heavy atom. The summed E-state index contributed by atoms with van der Waals surface area (Å²) in [7, 11) is 3.92. The predicted molar refractivity (Wildman–Crippen MR) is 90.2 cm³/mol. The van der Waals surface area contributed by atoms with Crippen LogP contribution in [0, 0.1) is 26.7 Å². The van der Waals surface area contributed by atoms with Crippen molar-refractivity contribution in [2.24, 2.45) is 5.92 Å². The molecule has 0 spiro atoms. The van der Waals surface area contributed by atoms with Crippen molar-refractivity contribution >= 4 is 15.4 Å². The third-order valence-corrected chi connectivity index (χ3v) is 5.93. The van der Waals surface area contributed by atoms with Crippen LogP contribution in [0.25, 0.3) is 0 Å². The molecule has 1 atom stereocenters. The Hall–Kier alpha value is -0.823. The lowest BCUT2D eigenvalue weighted by Gasteiger charge is -2.21. The first-order chi connectivity index (χ1) is 9.45. The molecule has 0 bridgehead atoms. The van der Waals surface area contributed by atoms with Crippen molar-refractivity contribution in [2.45, 2.75) is 66.7 Å². The zero-order valence-electron chi connectivity index (χ0n) is 13.7. The first kappa shape index (κ1) is 15.6. The minimum atomic E-state index is 0.819. The molecule has 1 aromatic carbocycles. The van der Waals surface area contributed by atoms with E-state index in [0.717, 1.165) is 5.92 Å². The van der Waals surface area contributed by atoms with Crippen molar-refractivity contribution < 1.29 is 0 Å². The van der Waals surface area contributed by atoms with Gasteiger partial charge in [-0.3, -0.25) is 0 Å². The molecule has 0 saturated carbocycles. The maximum atomic E-state index is 3.92. The van der Waals surface area contributed by atoms with E-state index in [1.165, 1.54) is 54.0 Å². The Morgan fingerprint density at radius 3 is 2.50 bits per heavy atom. The van der Waals surface area contributed by atoms with Crippen LogP contribution in [0.5, 0.6) is 0 Å². The molecule has 0 heterocycles. The number of hydrogen-bond acceptors (Lipinski definition) is 0. The third-order valence-electron chi connectivity index (χ3n) is 5.25.